The molecule has 0 radical (unpaired) electrons. The smallest absolute Gasteiger partial charge is 0.0575 e. The molecule has 0 amide bonds. The average molecular weight is 289 g/mol. The van der Waals surface area contributed by atoms with Crippen LogP contribution in [0.3, 0.4) is 0 Å². The predicted octanol–water partition coefficient (Wildman–Crippen LogP) is 4.69. The van der Waals surface area contributed by atoms with E-state index in [9.17, 15) is 0 Å². The zero-order valence-electron chi connectivity index (χ0n) is 14.0. The van der Waals surface area contributed by atoms with E-state index < -0.39 is 0 Å². The minimum absolute atomic E-state index is 0.467. The van der Waals surface area contributed by atoms with Crippen molar-refractivity contribution in [2.75, 3.05) is 13.2 Å². The Labute approximate surface area is 130 Å². The van der Waals surface area contributed by atoms with Crippen molar-refractivity contribution in [3.63, 3.8) is 0 Å². The molecule has 0 saturated carbocycles. The van der Waals surface area contributed by atoms with Crippen molar-refractivity contribution in [3.05, 3.63) is 34.9 Å². The van der Waals surface area contributed by atoms with E-state index in [1.807, 2.05) is 0 Å². The molecule has 0 spiro atoms. The van der Waals surface area contributed by atoms with Gasteiger partial charge in [-0.2, -0.15) is 0 Å². The summed E-state index contributed by atoms with van der Waals surface area (Å²) in [5.41, 5.74) is 4.17. The number of aryl methyl sites for hydroxylation is 2. The molecule has 1 aliphatic heterocycles. The molecule has 2 heteroatoms. The molecular formula is C19H31NO. The van der Waals surface area contributed by atoms with Gasteiger partial charge in [0.25, 0.3) is 0 Å². The highest BCUT2D eigenvalue weighted by Gasteiger charge is 2.18. The summed E-state index contributed by atoms with van der Waals surface area (Å²) in [5, 5.41) is 3.72. The molecule has 118 valence electrons. The molecule has 1 aromatic rings. The maximum atomic E-state index is 5.89. The van der Waals surface area contributed by atoms with Gasteiger partial charge < -0.3 is 10.1 Å². The predicted molar refractivity (Wildman–Crippen MR) is 89.8 cm³/mol. The van der Waals surface area contributed by atoms with E-state index in [1.165, 1.54) is 55.2 Å². The summed E-state index contributed by atoms with van der Waals surface area (Å²) in [4.78, 5) is 0. The molecule has 1 fully saturated rings. The molecule has 2 unspecified atom stereocenters. The van der Waals surface area contributed by atoms with Gasteiger partial charge in [0, 0.05) is 12.6 Å². The van der Waals surface area contributed by atoms with Crippen LogP contribution in [0.25, 0.3) is 0 Å². The monoisotopic (exact) mass is 289 g/mol. The Bertz CT molecular complexity index is 403. The first-order valence-corrected chi connectivity index (χ1v) is 8.62. The third-order valence-corrected chi connectivity index (χ3v) is 4.34. The van der Waals surface area contributed by atoms with Crippen molar-refractivity contribution in [3.8, 4) is 0 Å². The molecule has 1 saturated heterocycles. The van der Waals surface area contributed by atoms with E-state index in [0.717, 1.165) is 13.2 Å². The van der Waals surface area contributed by atoms with Crippen molar-refractivity contribution < 1.29 is 4.74 Å². The summed E-state index contributed by atoms with van der Waals surface area (Å²) < 4.78 is 5.89. The van der Waals surface area contributed by atoms with Crippen molar-refractivity contribution in [2.24, 2.45) is 0 Å². The van der Waals surface area contributed by atoms with Crippen molar-refractivity contribution in [1.82, 2.24) is 5.32 Å². The van der Waals surface area contributed by atoms with Gasteiger partial charge in [0.2, 0.25) is 0 Å². The van der Waals surface area contributed by atoms with E-state index in [0.29, 0.717) is 12.1 Å². The lowest BCUT2D eigenvalue weighted by Gasteiger charge is -2.26. The first-order chi connectivity index (χ1) is 10.2. The molecule has 1 aromatic carbocycles. The molecule has 21 heavy (non-hydrogen) atoms. The number of hydrogen-bond acceptors (Lipinski definition) is 2. The number of ether oxygens (including phenoxy) is 1. The van der Waals surface area contributed by atoms with Gasteiger partial charge in [0.05, 0.1) is 6.10 Å². The van der Waals surface area contributed by atoms with Crippen molar-refractivity contribution in [2.45, 2.75) is 71.4 Å². The quantitative estimate of drug-likeness (QED) is 0.786. The molecule has 1 aliphatic rings. The maximum Gasteiger partial charge on any atom is 0.0575 e. The lowest BCUT2D eigenvalue weighted by Crippen LogP contribution is -2.25. The van der Waals surface area contributed by atoms with E-state index in [1.54, 1.807) is 0 Å². The van der Waals surface area contributed by atoms with E-state index in [-0.39, 0.29) is 0 Å². The molecule has 1 heterocycles. The second-order valence-electron chi connectivity index (χ2n) is 6.49. The van der Waals surface area contributed by atoms with Crippen LogP contribution in [0.2, 0.25) is 0 Å². The fraction of sp³-hybridized carbons (Fsp3) is 0.684. The zero-order chi connectivity index (χ0) is 15.1. The van der Waals surface area contributed by atoms with Gasteiger partial charge in [-0.25, -0.2) is 0 Å². The first-order valence-electron chi connectivity index (χ1n) is 8.62. The molecule has 0 aromatic heterocycles. The lowest BCUT2D eigenvalue weighted by molar-refractivity contribution is 0.00854. The fourth-order valence-electron chi connectivity index (χ4n) is 3.30. The molecular weight excluding hydrogens is 258 g/mol. The van der Waals surface area contributed by atoms with E-state index >= 15 is 0 Å². The van der Waals surface area contributed by atoms with Gasteiger partial charge in [-0.05, 0) is 64.5 Å². The largest absolute Gasteiger partial charge is 0.378 e. The minimum Gasteiger partial charge on any atom is -0.378 e. The van der Waals surface area contributed by atoms with Crippen LogP contribution in [0.5, 0.6) is 0 Å². The van der Waals surface area contributed by atoms with Crippen LogP contribution < -0.4 is 5.32 Å². The average Bonchev–Trinajstić information content (AvgIpc) is 2.47. The molecule has 2 nitrogen and oxygen atoms in total. The normalized spacial score (nSPS) is 20.4. The van der Waals surface area contributed by atoms with Gasteiger partial charge in [0.1, 0.15) is 0 Å². The Morgan fingerprint density at radius 2 is 1.95 bits per heavy atom. The summed E-state index contributed by atoms with van der Waals surface area (Å²) in [6, 6.07) is 7.39. The molecule has 2 rings (SSSR count). The van der Waals surface area contributed by atoms with Crippen molar-refractivity contribution in [1.29, 1.82) is 0 Å². The Morgan fingerprint density at radius 1 is 1.19 bits per heavy atom. The van der Waals surface area contributed by atoms with Gasteiger partial charge in [-0.15, -0.1) is 0 Å². The first kappa shape index (κ1) is 16.5. The van der Waals surface area contributed by atoms with E-state index in [4.69, 9.17) is 4.74 Å². The highest BCUT2D eigenvalue weighted by Crippen LogP contribution is 2.25. The van der Waals surface area contributed by atoms with Crippen LogP contribution in [0.1, 0.15) is 68.2 Å². The second kappa shape index (κ2) is 8.55. The lowest BCUT2D eigenvalue weighted by atomic mass is 9.95. The standard InChI is InChI=1S/C19H31NO/c1-4-10-20-19(9-8-18-7-5-6-11-21-18)17-13-15(2)12-16(3)14-17/h12-14,18-20H,4-11H2,1-3H3. The number of rotatable bonds is 7. The summed E-state index contributed by atoms with van der Waals surface area (Å²) in [6.07, 6.45) is 7.83. The Hall–Kier alpha value is -0.860. The van der Waals surface area contributed by atoms with Crippen LogP contribution in [0, 0.1) is 13.8 Å². The van der Waals surface area contributed by atoms with Gasteiger partial charge in [0.15, 0.2) is 0 Å². The zero-order valence-corrected chi connectivity index (χ0v) is 14.0. The molecule has 2 atom stereocenters. The Morgan fingerprint density at radius 3 is 2.57 bits per heavy atom. The van der Waals surface area contributed by atoms with Crippen LogP contribution in [-0.2, 0) is 4.74 Å². The third-order valence-electron chi connectivity index (χ3n) is 4.34. The van der Waals surface area contributed by atoms with Gasteiger partial charge in [-0.3, -0.25) is 0 Å². The SMILES string of the molecule is CCCNC(CCC1CCCCO1)c1cc(C)cc(C)c1. The van der Waals surface area contributed by atoms with Gasteiger partial charge in [-0.1, -0.05) is 36.2 Å². The second-order valence-corrected chi connectivity index (χ2v) is 6.49. The number of nitrogens with one attached hydrogen (secondary N) is 1. The van der Waals surface area contributed by atoms with Crippen LogP contribution in [0.15, 0.2) is 18.2 Å². The van der Waals surface area contributed by atoms with Gasteiger partial charge >= 0.3 is 0 Å². The Balaban J connectivity index is 1.98. The molecule has 0 aliphatic carbocycles. The van der Waals surface area contributed by atoms with Crippen molar-refractivity contribution >= 4 is 0 Å². The number of benzene rings is 1. The highest BCUT2D eigenvalue weighted by atomic mass is 16.5. The van der Waals surface area contributed by atoms with Crippen LogP contribution in [0.4, 0.5) is 0 Å². The summed E-state index contributed by atoms with van der Waals surface area (Å²) >= 11 is 0. The Kier molecular flexibility index (Phi) is 6.72. The van der Waals surface area contributed by atoms with Crippen LogP contribution >= 0.6 is 0 Å². The molecule has 1 N–H and O–H groups in total. The third kappa shape index (κ3) is 5.44. The highest BCUT2D eigenvalue weighted by molar-refractivity contribution is 5.30. The minimum atomic E-state index is 0.467. The summed E-state index contributed by atoms with van der Waals surface area (Å²) in [7, 11) is 0. The van der Waals surface area contributed by atoms with E-state index in [2.05, 4.69) is 44.3 Å². The topological polar surface area (TPSA) is 21.3 Å². The fourth-order valence-corrected chi connectivity index (χ4v) is 3.30. The summed E-state index contributed by atoms with van der Waals surface area (Å²) in [5.74, 6) is 0. The molecule has 0 bridgehead atoms. The maximum absolute atomic E-state index is 5.89. The number of hydrogen-bond donors (Lipinski definition) is 1. The summed E-state index contributed by atoms with van der Waals surface area (Å²) in [6.45, 7) is 8.66. The van der Waals surface area contributed by atoms with Crippen LogP contribution in [-0.4, -0.2) is 19.3 Å².